The van der Waals surface area contributed by atoms with E-state index in [1.54, 1.807) is 43.3 Å². The third-order valence-electron chi connectivity index (χ3n) is 3.35. The topological polar surface area (TPSA) is 92.3 Å². The van der Waals surface area contributed by atoms with Gasteiger partial charge in [0.15, 0.2) is 6.29 Å². The summed E-state index contributed by atoms with van der Waals surface area (Å²) < 4.78 is 16.0. The van der Waals surface area contributed by atoms with E-state index in [0.29, 0.717) is 5.56 Å². The van der Waals surface area contributed by atoms with E-state index in [2.05, 4.69) is 0 Å². The van der Waals surface area contributed by atoms with Gasteiger partial charge in [0.1, 0.15) is 12.1 Å². The van der Waals surface area contributed by atoms with Crippen LogP contribution in [0.1, 0.15) is 25.7 Å². The lowest BCUT2D eigenvalue weighted by atomic mass is 9.87. The zero-order chi connectivity index (χ0) is 15.5. The normalized spacial score (nSPS) is 26.6. The Morgan fingerprint density at radius 1 is 1.29 bits per heavy atom. The molecule has 21 heavy (non-hydrogen) atoms. The molecule has 0 saturated carbocycles. The number of nitrogens with zero attached hydrogens (tertiary/aromatic N) is 2. The minimum Gasteiger partial charge on any atom is -0.464 e. The van der Waals surface area contributed by atoms with Crippen LogP contribution in [0.3, 0.4) is 0 Å². The number of nitriles is 2. The van der Waals surface area contributed by atoms with Gasteiger partial charge in [0.05, 0.1) is 6.61 Å². The Morgan fingerprint density at radius 3 is 2.43 bits per heavy atom. The fourth-order valence-corrected chi connectivity index (χ4v) is 2.09. The number of hydrogen-bond acceptors (Lipinski definition) is 6. The van der Waals surface area contributed by atoms with Crippen molar-refractivity contribution in [3.05, 3.63) is 35.9 Å². The van der Waals surface area contributed by atoms with Crippen LogP contribution >= 0.6 is 0 Å². The highest BCUT2D eigenvalue weighted by Crippen LogP contribution is 2.45. The van der Waals surface area contributed by atoms with Gasteiger partial charge >= 0.3 is 5.97 Å². The van der Waals surface area contributed by atoms with Crippen LogP contribution in [0.25, 0.3) is 0 Å². The molecule has 0 amide bonds. The number of carbonyl (C=O) groups is 1. The monoisotopic (exact) mass is 286 g/mol. The summed E-state index contributed by atoms with van der Waals surface area (Å²) in [5.41, 5.74) is -3.26. The predicted octanol–water partition coefficient (Wildman–Crippen LogP) is 1.84. The first kappa shape index (κ1) is 15.0. The first-order valence-corrected chi connectivity index (χ1v) is 6.43. The molecule has 108 valence electrons. The Labute approximate surface area is 122 Å². The van der Waals surface area contributed by atoms with Gasteiger partial charge in [-0.1, -0.05) is 30.3 Å². The van der Waals surface area contributed by atoms with Gasteiger partial charge in [0, 0.05) is 5.56 Å². The molecule has 0 aliphatic carbocycles. The van der Waals surface area contributed by atoms with E-state index in [1.807, 2.05) is 6.07 Å². The minimum absolute atomic E-state index is 0.112. The number of benzene rings is 1. The maximum absolute atomic E-state index is 12.1. The maximum atomic E-state index is 12.1. The lowest BCUT2D eigenvalue weighted by Gasteiger charge is -2.26. The highest BCUT2D eigenvalue weighted by molar-refractivity contribution is 5.83. The summed E-state index contributed by atoms with van der Waals surface area (Å²) in [5.74, 6) is -0.800. The van der Waals surface area contributed by atoms with E-state index >= 15 is 0 Å². The molecule has 1 heterocycles. The molecule has 0 N–H and O–H groups in total. The van der Waals surface area contributed by atoms with Crippen molar-refractivity contribution in [2.75, 3.05) is 6.61 Å². The van der Waals surface area contributed by atoms with Gasteiger partial charge in [-0.05, 0) is 13.8 Å². The first-order chi connectivity index (χ1) is 10.0. The molecule has 1 aliphatic heterocycles. The zero-order valence-corrected chi connectivity index (χ0v) is 11.7. The second-order valence-electron chi connectivity index (χ2n) is 4.64. The number of ether oxygens (including phenoxy) is 3. The molecule has 0 unspecified atom stereocenters. The van der Waals surface area contributed by atoms with Crippen molar-refractivity contribution in [2.45, 2.75) is 31.3 Å². The van der Waals surface area contributed by atoms with Gasteiger partial charge in [0.25, 0.3) is 5.60 Å². The van der Waals surface area contributed by atoms with Gasteiger partial charge in [-0.15, -0.1) is 0 Å². The van der Waals surface area contributed by atoms with Crippen molar-refractivity contribution in [3.8, 4) is 12.1 Å². The maximum Gasteiger partial charge on any atom is 0.343 e. The minimum atomic E-state index is -2.06. The lowest BCUT2D eigenvalue weighted by molar-refractivity contribution is -0.171. The quantitative estimate of drug-likeness (QED) is 0.787. The van der Waals surface area contributed by atoms with Crippen LogP contribution in [0.4, 0.5) is 0 Å². The van der Waals surface area contributed by atoms with E-state index in [9.17, 15) is 15.3 Å². The number of rotatable bonds is 3. The summed E-state index contributed by atoms with van der Waals surface area (Å²) >= 11 is 0. The van der Waals surface area contributed by atoms with Crippen LogP contribution in [0, 0.1) is 22.7 Å². The average molecular weight is 286 g/mol. The Morgan fingerprint density at radius 2 is 1.90 bits per heavy atom. The standard InChI is InChI=1S/C15H14N2O4/c1-3-19-13(18)14(2)15(9-16,10-17)21-12(20-14)11-7-5-4-6-8-11/h4-8,12H,3H2,1-2H3/t12-,14+/m1/s1. The third kappa shape index (κ3) is 2.25. The number of hydrogen-bond donors (Lipinski definition) is 0. The number of carbonyl (C=O) groups excluding carboxylic acids is 1. The summed E-state index contributed by atoms with van der Waals surface area (Å²) in [6, 6.07) is 12.3. The molecule has 1 aromatic carbocycles. The van der Waals surface area contributed by atoms with Crippen LogP contribution in [0.5, 0.6) is 0 Å². The van der Waals surface area contributed by atoms with Crippen molar-refractivity contribution < 1.29 is 19.0 Å². The lowest BCUT2D eigenvalue weighted by Crippen LogP contribution is -2.54. The van der Waals surface area contributed by atoms with Crippen molar-refractivity contribution in [3.63, 3.8) is 0 Å². The summed E-state index contributed by atoms with van der Waals surface area (Å²) in [4.78, 5) is 12.1. The molecule has 1 saturated heterocycles. The van der Waals surface area contributed by atoms with Crippen molar-refractivity contribution >= 4 is 5.97 Å². The fraction of sp³-hybridized carbons (Fsp3) is 0.400. The van der Waals surface area contributed by atoms with Crippen LogP contribution in [-0.4, -0.2) is 23.8 Å². The van der Waals surface area contributed by atoms with Crippen molar-refractivity contribution in [1.29, 1.82) is 10.5 Å². The highest BCUT2D eigenvalue weighted by Gasteiger charge is 2.66. The zero-order valence-electron chi connectivity index (χ0n) is 11.7. The molecule has 2 rings (SSSR count). The molecule has 0 aromatic heterocycles. The molecule has 6 heteroatoms. The largest absolute Gasteiger partial charge is 0.464 e. The molecule has 6 nitrogen and oxygen atoms in total. The highest BCUT2D eigenvalue weighted by atomic mass is 16.8. The fourth-order valence-electron chi connectivity index (χ4n) is 2.09. The van der Waals surface area contributed by atoms with Crippen LogP contribution < -0.4 is 0 Å². The molecular formula is C15H14N2O4. The average Bonchev–Trinajstić information content (AvgIpc) is 2.83. The van der Waals surface area contributed by atoms with E-state index in [0.717, 1.165) is 0 Å². The van der Waals surface area contributed by atoms with Crippen molar-refractivity contribution in [1.82, 2.24) is 0 Å². The van der Waals surface area contributed by atoms with E-state index < -0.39 is 23.5 Å². The van der Waals surface area contributed by atoms with Crippen LogP contribution in [-0.2, 0) is 19.0 Å². The smallest absolute Gasteiger partial charge is 0.343 e. The van der Waals surface area contributed by atoms with Gasteiger partial charge < -0.3 is 14.2 Å². The second kappa shape index (κ2) is 5.53. The molecule has 2 atom stereocenters. The molecule has 1 fully saturated rings. The molecular weight excluding hydrogens is 272 g/mol. The summed E-state index contributed by atoms with van der Waals surface area (Å²) in [6.45, 7) is 3.08. The molecule has 1 aromatic rings. The Hall–Kier alpha value is -2.41. The van der Waals surface area contributed by atoms with Gasteiger partial charge in [-0.2, -0.15) is 10.5 Å². The van der Waals surface area contributed by atoms with Gasteiger partial charge in [-0.3, -0.25) is 0 Å². The SMILES string of the molecule is CCOC(=O)[C@]1(C)O[C@@H](c2ccccc2)OC1(C#N)C#N. The molecule has 1 aliphatic rings. The summed E-state index contributed by atoms with van der Waals surface area (Å²) in [6.07, 6.45) is -0.986. The first-order valence-electron chi connectivity index (χ1n) is 6.43. The predicted molar refractivity (Wildman–Crippen MR) is 70.3 cm³/mol. The number of esters is 1. The Kier molecular flexibility index (Phi) is 3.95. The van der Waals surface area contributed by atoms with Gasteiger partial charge in [0.2, 0.25) is 5.60 Å². The van der Waals surface area contributed by atoms with Crippen LogP contribution in [0.2, 0.25) is 0 Å². The Balaban J connectivity index is 2.43. The molecule has 0 spiro atoms. The Bertz CT molecular complexity index is 603. The van der Waals surface area contributed by atoms with Gasteiger partial charge in [-0.25, -0.2) is 4.79 Å². The van der Waals surface area contributed by atoms with E-state index in [4.69, 9.17) is 14.2 Å². The third-order valence-corrected chi connectivity index (χ3v) is 3.35. The van der Waals surface area contributed by atoms with E-state index in [1.165, 1.54) is 6.92 Å². The van der Waals surface area contributed by atoms with E-state index in [-0.39, 0.29) is 6.61 Å². The summed E-state index contributed by atoms with van der Waals surface area (Å²) in [7, 11) is 0. The van der Waals surface area contributed by atoms with Crippen LogP contribution in [0.15, 0.2) is 30.3 Å². The molecule has 0 radical (unpaired) electrons. The second-order valence-corrected chi connectivity index (χ2v) is 4.64. The van der Waals surface area contributed by atoms with Crippen molar-refractivity contribution in [2.24, 2.45) is 0 Å². The summed E-state index contributed by atoms with van der Waals surface area (Å²) in [5, 5.41) is 18.7. The molecule has 0 bridgehead atoms.